The molecule has 0 radical (unpaired) electrons. The maximum atomic E-state index is 9.90. The molecule has 0 aliphatic rings. The largest absolute Gasteiger partial charge is 0.496 e. The minimum absolute atomic E-state index is 0.484. The molecule has 1 rings (SSSR count). The van der Waals surface area contributed by atoms with Gasteiger partial charge in [0.05, 0.1) is 12.7 Å². The van der Waals surface area contributed by atoms with E-state index in [9.17, 15) is 10.2 Å². The molecule has 0 amide bonds. The molecule has 2 N–H and O–H groups in total. The molecule has 3 nitrogen and oxygen atoms in total. The first kappa shape index (κ1) is 12.3. The summed E-state index contributed by atoms with van der Waals surface area (Å²) in [6.45, 7) is 3.05. The van der Waals surface area contributed by atoms with Gasteiger partial charge in [0.25, 0.3) is 0 Å². The molecule has 4 heteroatoms. The molecule has 0 saturated heterocycles. The normalized spacial score (nSPS) is 13.7. The van der Waals surface area contributed by atoms with Crippen LogP contribution >= 0.6 is 11.6 Å². The fourth-order valence-corrected chi connectivity index (χ4v) is 1.48. The van der Waals surface area contributed by atoms with E-state index < -0.39 is 11.7 Å². The van der Waals surface area contributed by atoms with E-state index in [4.69, 9.17) is 16.3 Å². The maximum Gasteiger partial charge on any atom is 0.124 e. The number of hydrogen-bond donors (Lipinski definition) is 2. The molecule has 0 aromatic heterocycles. The molecule has 1 aromatic rings. The summed E-state index contributed by atoms with van der Waals surface area (Å²) >= 11 is 5.82. The number of aliphatic hydroxyl groups is 2. The van der Waals surface area contributed by atoms with E-state index in [1.54, 1.807) is 18.2 Å². The Balaban J connectivity index is 3.17. The van der Waals surface area contributed by atoms with Crippen LogP contribution in [0.1, 0.15) is 25.5 Å². The molecule has 0 aliphatic heterocycles. The zero-order valence-corrected chi connectivity index (χ0v) is 9.75. The van der Waals surface area contributed by atoms with E-state index in [0.717, 1.165) is 0 Å². The summed E-state index contributed by atoms with van der Waals surface area (Å²) in [5.41, 5.74) is -0.754. The van der Waals surface area contributed by atoms with Crippen molar-refractivity contribution in [1.82, 2.24) is 0 Å². The van der Waals surface area contributed by atoms with Crippen LogP contribution in [0.4, 0.5) is 0 Å². The Morgan fingerprint density at radius 3 is 2.47 bits per heavy atom. The van der Waals surface area contributed by atoms with Gasteiger partial charge in [-0.05, 0) is 32.0 Å². The van der Waals surface area contributed by atoms with Crippen molar-refractivity contribution in [2.45, 2.75) is 25.6 Å². The fraction of sp³-hybridized carbons (Fsp3) is 0.455. The van der Waals surface area contributed by atoms with Crippen molar-refractivity contribution >= 4 is 11.6 Å². The number of ether oxygens (including phenoxy) is 1. The Morgan fingerprint density at radius 1 is 1.40 bits per heavy atom. The molecule has 15 heavy (non-hydrogen) atoms. The van der Waals surface area contributed by atoms with Crippen molar-refractivity contribution in [1.29, 1.82) is 0 Å². The molecule has 0 aliphatic carbocycles. The SMILES string of the molecule is COc1ccc(Cl)cc1C(O)C(C)(C)O. The first-order chi connectivity index (χ1) is 6.86. The lowest BCUT2D eigenvalue weighted by Crippen LogP contribution is -2.28. The number of methoxy groups -OCH3 is 1. The zero-order chi connectivity index (χ0) is 11.6. The Bertz CT molecular complexity index is 344. The highest BCUT2D eigenvalue weighted by Crippen LogP contribution is 2.33. The molecule has 1 aromatic carbocycles. The zero-order valence-electron chi connectivity index (χ0n) is 8.99. The lowest BCUT2D eigenvalue weighted by Gasteiger charge is -2.26. The monoisotopic (exact) mass is 230 g/mol. The molecular weight excluding hydrogens is 216 g/mol. The number of hydrogen-bond acceptors (Lipinski definition) is 3. The molecular formula is C11H15ClO3. The quantitative estimate of drug-likeness (QED) is 0.837. The Hall–Kier alpha value is -0.770. The van der Waals surface area contributed by atoms with E-state index in [1.807, 2.05) is 0 Å². The Kier molecular flexibility index (Phi) is 3.60. The standard InChI is InChI=1S/C11H15ClO3/c1-11(2,14)10(13)8-6-7(12)4-5-9(8)15-3/h4-6,10,13-14H,1-3H3. The summed E-state index contributed by atoms with van der Waals surface area (Å²) in [4.78, 5) is 0. The van der Waals surface area contributed by atoms with Crippen molar-refractivity contribution < 1.29 is 14.9 Å². The molecule has 0 bridgehead atoms. The van der Waals surface area contributed by atoms with Gasteiger partial charge in [0.1, 0.15) is 11.9 Å². The van der Waals surface area contributed by atoms with Gasteiger partial charge in [-0.25, -0.2) is 0 Å². The van der Waals surface area contributed by atoms with Gasteiger partial charge in [0.2, 0.25) is 0 Å². The van der Waals surface area contributed by atoms with Crippen molar-refractivity contribution in [3.8, 4) is 5.75 Å². The van der Waals surface area contributed by atoms with Gasteiger partial charge >= 0.3 is 0 Å². The van der Waals surface area contributed by atoms with Crippen LogP contribution in [0.2, 0.25) is 5.02 Å². The van der Waals surface area contributed by atoms with Crippen molar-refractivity contribution in [2.75, 3.05) is 7.11 Å². The van der Waals surface area contributed by atoms with Gasteiger partial charge in [0, 0.05) is 10.6 Å². The molecule has 0 fully saturated rings. The van der Waals surface area contributed by atoms with Crippen LogP contribution in [-0.4, -0.2) is 22.9 Å². The number of halogens is 1. The van der Waals surface area contributed by atoms with Gasteiger partial charge in [-0.2, -0.15) is 0 Å². The van der Waals surface area contributed by atoms with E-state index >= 15 is 0 Å². The van der Waals surface area contributed by atoms with Crippen LogP contribution in [-0.2, 0) is 0 Å². The van der Waals surface area contributed by atoms with Crippen LogP contribution in [0, 0.1) is 0 Å². The Labute approximate surface area is 94.3 Å². The number of benzene rings is 1. The summed E-state index contributed by atoms with van der Waals surface area (Å²) in [6, 6.07) is 4.91. The lowest BCUT2D eigenvalue weighted by molar-refractivity contribution is -0.0505. The van der Waals surface area contributed by atoms with Crippen molar-refractivity contribution in [3.63, 3.8) is 0 Å². The number of rotatable bonds is 3. The van der Waals surface area contributed by atoms with Crippen LogP contribution in [0.25, 0.3) is 0 Å². The highest BCUT2D eigenvalue weighted by Gasteiger charge is 2.28. The predicted molar refractivity (Wildman–Crippen MR) is 59.3 cm³/mol. The molecule has 1 unspecified atom stereocenters. The van der Waals surface area contributed by atoms with E-state index in [-0.39, 0.29) is 0 Å². The van der Waals surface area contributed by atoms with E-state index in [2.05, 4.69) is 0 Å². The minimum atomic E-state index is -1.24. The first-order valence-electron chi connectivity index (χ1n) is 4.60. The summed E-state index contributed by atoms with van der Waals surface area (Å²) in [5.74, 6) is 0.508. The summed E-state index contributed by atoms with van der Waals surface area (Å²) in [6.07, 6.45) is -1.04. The molecule has 84 valence electrons. The van der Waals surface area contributed by atoms with Crippen LogP contribution in [0.15, 0.2) is 18.2 Å². The molecule has 0 spiro atoms. The number of aliphatic hydroxyl groups excluding tert-OH is 1. The van der Waals surface area contributed by atoms with Crippen molar-refractivity contribution in [3.05, 3.63) is 28.8 Å². The summed E-state index contributed by atoms with van der Waals surface area (Å²) in [5, 5.41) is 20.1. The molecule has 0 heterocycles. The average Bonchev–Trinajstić information content (AvgIpc) is 2.15. The first-order valence-corrected chi connectivity index (χ1v) is 4.98. The van der Waals surface area contributed by atoms with Gasteiger partial charge in [-0.3, -0.25) is 0 Å². The van der Waals surface area contributed by atoms with Gasteiger partial charge in [0.15, 0.2) is 0 Å². The van der Waals surface area contributed by atoms with Crippen LogP contribution in [0.5, 0.6) is 5.75 Å². The fourth-order valence-electron chi connectivity index (χ4n) is 1.30. The predicted octanol–water partition coefficient (Wildman–Crippen LogP) is 2.15. The minimum Gasteiger partial charge on any atom is -0.496 e. The van der Waals surface area contributed by atoms with Gasteiger partial charge < -0.3 is 14.9 Å². The summed E-state index contributed by atoms with van der Waals surface area (Å²) in [7, 11) is 1.50. The van der Waals surface area contributed by atoms with Crippen molar-refractivity contribution in [2.24, 2.45) is 0 Å². The highest BCUT2D eigenvalue weighted by atomic mass is 35.5. The van der Waals surface area contributed by atoms with Crippen LogP contribution < -0.4 is 4.74 Å². The van der Waals surface area contributed by atoms with E-state index in [0.29, 0.717) is 16.3 Å². The van der Waals surface area contributed by atoms with Gasteiger partial charge in [-0.15, -0.1) is 0 Å². The molecule has 0 saturated carbocycles. The second-order valence-electron chi connectivity index (χ2n) is 3.94. The lowest BCUT2D eigenvalue weighted by atomic mass is 9.94. The topological polar surface area (TPSA) is 49.7 Å². The summed E-state index contributed by atoms with van der Waals surface area (Å²) < 4.78 is 5.09. The maximum absolute atomic E-state index is 9.90. The van der Waals surface area contributed by atoms with E-state index in [1.165, 1.54) is 21.0 Å². The second-order valence-corrected chi connectivity index (χ2v) is 4.38. The highest BCUT2D eigenvalue weighted by molar-refractivity contribution is 6.30. The third-order valence-electron chi connectivity index (χ3n) is 2.16. The molecule has 1 atom stereocenters. The Morgan fingerprint density at radius 2 is 2.00 bits per heavy atom. The second kappa shape index (κ2) is 4.39. The average molecular weight is 231 g/mol. The van der Waals surface area contributed by atoms with Crippen LogP contribution in [0.3, 0.4) is 0 Å². The van der Waals surface area contributed by atoms with Gasteiger partial charge in [-0.1, -0.05) is 11.6 Å². The third kappa shape index (κ3) is 2.84. The smallest absolute Gasteiger partial charge is 0.124 e. The third-order valence-corrected chi connectivity index (χ3v) is 2.39.